The van der Waals surface area contributed by atoms with E-state index < -0.39 is 0 Å². The number of rotatable bonds is 4. The topological polar surface area (TPSA) is 73.0 Å². The third-order valence-corrected chi connectivity index (χ3v) is 3.33. The molecule has 112 valence electrons. The van der Waals surface area contributed by atoms with Gasteiger partial charge < -0.3 is 9.84 Å². The summed E-state index contributed by atoms with van der Waals surface area (Å²) in [7, 11) is 1.85. The molecule has 0 saturated heterocycles. The predicted octanol–water partition coefficient (Wildman–Crippen LogP) is 2.31. The summed E-state index contributed by atoms with van der Waals surface area (Å²) in [5, 5.41) is 10.9. The lowest BCUT2D eigenvalue weighted by molar-refractivity contribution is 0.0941. The van der Waals surface area contributed by atoms with Crippen LogP contribution in [0, 0.1) is 6.92 Å². The summed E-state index contributed by atoms with van der Waals surface area (Å²) < 4.78 is 6.97. The van der Waals surface area contributed by atoms with E-state index in [0.717, 1.165) is 17.0 Å². The highest BCUT2D eigenvalue weighted by Gasteiger charge is 2.14. The Balaban J connectivity index is 1.68. The molecule has 6 heteroatoms. The first kappa shape index (κ1) is 14.1. The molecule has 0 aliphatic carbocycles. The van der Waals surface area contributed by atoms with Gasteiger partial charge in [0.2, 0.25) is 0 Å². The Morgan fingerprint density at radius 1 is 1.27 bits per heavy atom. The van der Waals surface area contributed by atoms with Gasteiger partial charge in [0.25, 0.3) is 5.91 Å². The Labute approximate surface area is 127 Å². The minimum atomic E-state index is -0.273. The monoisotopic (exact) mass is 296 g/mol. The Morgan fingerprint density at radius 3 is 2.73 bits per heavy atom. The van der Waals surface area contributed by atoms with Crippen LogP contribution < -0.4 is 5.32 Å². The van der Waals surface area contributed by atoms with Crippen LogP contribution >= 0.6 is 0 Å². The molecule has 22 heavy (non-hydrogen) atoms. The first-order valence-electron chi connectivity index (χ1n) is 6.93. The molecule has 0 unspecified atom stereocenters. The summed E-state index contributed by atoms with van der Waals surface area (Å²) in [5.74, 6) is 0.298. The van der Waals surface area contributed by atoms with E-state index in [1.165, 1.54) is 0 Å². The molecule has 0 spiro atoms. The summed E-state index contributed by atoms with van der Waals surface area (Å²) in [6.07, 6.45) is 0. The van der Waals surface area contributed by atoms with E-state index in [4.69, 9.17) is 4.52 Å². The van der Waals surface area contributed by atoms with E-state index >= 15 is 0 Å². The highest BCUT2D eigenvalue weighted by molar-refractivity contribution is 5.93. The number of hydrogen-bond donors (Lipinski definition) is 1. The quantitative estimate of drug-likeness (QED) is 0.802. The standard InChI is InChI=1S/C16H16N4O2/c1-11-8-13(20(2)18-11)10-17-16(21)14-9-15(22-19-14)12-6-4-3-5-7-12/h3-9H,10H2,1-2H3,(H,17,21). The lowest BCUT2D eigenvalue weighted by Crippen LogP contribution is -2.24. The molecule has 0 aliphatic heterocycles. The van der Waals surface area contributed by atoms with E-state index in [1.54, 1.807) is 10.7 Å². The zero-order valence-electron chi connectivity index (χ0n) is 12.4. The number of aromatic nitrogens is 3. The van der Waals surface area contributed by atoms with Crippen LogP contribution in [-0.4, -0.2) is 20.8 Å². The van der Waals surface area contributed by atoms with Crippen LogP contribution in [0.4, 0.5) is 0 Å². The van der Waals surface area contributed by atoms with Gasteiger partial charge in [0, 0.05) is 18.7 Å². The van der Waals surface area contributed by atoms with Crippen molar-refractivity contribution in [1.82, 2.24) is 20.3 Å². The zero-order valence-corrected chi connectivity index (χ0v) is 12.4. The highest BCUT2D eigenvalue weighted by atomic mass is 16.5. The van der Waals surface area contributed by atoms with Gasteiger partial charge in [-0.05, 0) is 13.0 Å². The van der Waals surface area contributed by atoms with Crippen molar-refractivity contribution >= 4 is 5.91 Å². The fraction of sp³-hybridized carbons (Fsp3) is 0.188. The average molecular weight is 296 g/mol. The first-order valence-corrected chi connectivity index (χ1v) is 6.93. The van der Waals surface area contributed by atoms with Gasteiger partial charge >= 0.3 is 0 Å². The van der Waals surface area contributed by atoms with Crippen LogP contribution in [0.1, 0.15) is 21.9 Å². The smallest absolute Gasteiger partial charge is 0.273 e. The highest BCUT2D eigenvalue weighted by Crippen LogP contribution is 2.19. The molecular weight excluding hydrogens is 280 g/mol. The number of benzene rings is 1. The predicted molar refractivity (Wildman–Crippen MR) is 81.1 cm³/mol. The van der Waals surface area contributed by atoms with Gasteiger partial charge in [0.15, 0.2) is 11.5 Å². The van der Waals surface area contributed by atoms with Crippen molar-refractivity contribution in [2.75, 3.05) is 0 Å². The molecule has 6 nitrogen and oxygen atoms in total. The summed E-state index contributed by atoms with van der Waals surface area (Å²) >= 11 is 0. The zero-order chi connectivity index (χ0) is 15.5. The number of hydrogen-bond acceptors (Lipinski definition) is 4. The van der Waals surface area contributed by atoms with Crippen LogP contribution in [0.15, 0.2) is 47.0 Å². The van der Waals surface area contributed by atoms with Gasteiger partial charge in [-0.15, -0.1) is 0 Å². The van der Waals surface area contributed by atoms with Crippen molar-refractivity contribution in [3.63, 3.8) is 0 Å². The second-order valence-corrected chi connectivity index (χ2v) is 5.03. The molecule has 0 saturated carbocycles. The Hall–Kier alpha value is -2.89. The Bertz CT molecular complexity index is 790. The second kappa shape index (κ2) is 5.85. The third kappa shape index (κ3) is 2.90. The molecule has 2 heterocycles. The van der Waals surface area contributed by atoms with Gasteiger partial charge in [-0.1, -0.05) is 35.5 Å². The maximum atomic E-state index is 12.1. The number of amides is 1. The van der Waals surface area contributed by atoms with Gasteiger partial charge in [0.05, 0.1) is 17.9 Å². The fourth-order valence-corrected chi connectivity index (χ4v) is 2.21. The molecule has 1 aromatic carbocycles. The van der Waals surface area contributed by atoms with E-state index in [1.807, 2.05) is 50.4 Å². The second-order valence-electron chi connectivity index (χ2n) is 5.03. The van der Waals surface area contributed by atoms with Crippen molar-refractivity contribution in [3.8, 4) is 11.3 Å². The van der Waals surface area contributed by atoms with Crippen molar-refractivity contribution in [3.05, 3.63) is 59.5 Å². The van der Waals surface area contributed by atoms with E-state index in [0.29, 0.717) is 12.3 Å². The number of aryl methyl sites for hydroxylation is 2. The SMILES string of the molecule is Cc1cc(CNC(=O)c2cc(-c3ccccc3)on2)n(C)n1. The lowest BCUT2D eigenvalue weighted by Gasteiger charge is -2.02. The number of nitrogens with zero attached hydrogens (tertiary/aromatic N) is 3. The minimum absolute atomic E-state index is 0.262. The summed E-state index contributed by atoms with van der Waals surface area (Å²) in [5.41, 5.74) is 2.99. The summed E-state index contributed by atoms with van der Waals surface area (Å²) in [6, 6.07) is 13.1. The van der Waals surface area contributed by atoms with Crippen molar-refractivity contribution < 1.29 is 9.32 Å². The van der Waals surface area contributed by atoms with Gasteiger partial charge in [-0.3, -0.25) is 9.48 Å². The first-order chi connectivity index (χ1) is 10.6. The average Bonchev–Trinajstić information content (AvgIpc) is 3.12. The number of carbonyl (C=O) groups is 1. The summed E-state index contributed by atoms with van der Waals surface area (Å²) in [6.45, 7) is 2.30. The molecule has 3 rings (SSSR count). The van der Waals surface area contributed by atoms with Crippen molar-refractivity contribution in [2.24, 2.45) is 7.05 Å². The molecule has 0 bridgehead atoms. The Morgan fingerprint density at radius 2 is 2.05 bits per heavy atom. The van der Waals surface area contributed by atoms with Crippen molar-refractivity contribution in [1.29, 1.82) is 0 Å². The normalized spacial score (nSPS) is 10.6. The molecule has 1 amide bonds. The Kier molecular flexibility index (Phi) is 3.74. The number of carbonyl (C=O) groups excluding carboxylic acids is 1. The van der Waals surface area contributed by atoms with Crippen LogP contribution in [0.2, 0.25) is 0 Å². The summed E-state index contributed by atoms with van der Waals surface area (Å²) in [4.78, 5) is 12.1. The minimum Gasteiger partial charge on any atom is -0.355 e. The molecule has 3 aromatic rings. The maximum absolute atomic E-state index is 12.1. The molecule has 1 N–H and O–H groups in total. The van der Waals surface area contributed by atoms with Crippen molar-refractivity contribution in [2.45, 2.75) is 13.5 Å². The molecule has 0 aliphatic rings. The van der Waals surface area contributed by atoms with E-state index in [9.17, 15) is 4.79 Å². The third-order valence-electron chi connectivity index (χ3n) is 3.33. The number of nitrogens with one attached hydrogen (secondary N) is 1. The van der Waals surface area contributed by atoms with Crippen LogP contribution in [0.25, 0.3) is 11.3 Å². The maximum Gasteiger partial charge on any atom is 0.273 e. The van der Waals surface area contributed by atoms with Crippen LogP contribution in [0.3, 0.4) is 0 Å². The molecule has 0 fully saturated rings. The fourth-order valence-electron chi connectivity index (χ4n) is 2.21. The van der Waals surface area contributed by atoms with E-state index in [-0.39, 0.29) is 11.6 Å². The van der Waals surface area contributed by atoms with Gasteiger partial charge in [-0.25, -0.2) is 0 Å². The van der Waals surface area contributed by atoms with E-state index in [2.05, 4.69) is 15.6 Å². The molecule has 0 radical (unpaired) electrons. The van der Waals surface area contributed by atoms with Gasteiger partial charge in [-0.2, -0.15) is 5.10 Å². The van der Waals surface area contributed by atoms with Crippen LogP contribution in [0.5, 0.6) is 0 Å². The van der Waals surface area contributed by atoms with Gasteiger partial charge in [0.1, 0.15) is 0 Å². The lowest BCUT2D eigenvalue weighted by atomic mass is 10.1. The molecular formula is C16H16N4O2. The van der Waals surface area contributed by atoms with Crippen LogP contribution in [-0.2, 0) is 13.6 Å². The largest absolute Gasteiger partial charge is 0.355 e. The molecule has 0 atom stereocenters. The molecule has 2 aromatic heterocycles.